The van der Waals surface area contributed by atoms with Crippen LogP contribution in [-0.2, 0) is 26.3 Å². The van der Waals surface area contributed by atoms with Crippen LogP contribution in [0.1, 0.15) is 22.3 Å². The molecule has 3 N–H and O–H groups in total. The topological polar surface area (TPSA) is 113 Å². The largest absolute Gasteiger partial charge is 0.486 e. The molecule has 206 valence electrons. The summed E-state index contributed by atoms with van der Waals surface area (Å²) in [5.74, 6) is -1.62. The molecule has 1 spiro atoms. The van der Waals surface area contributed by atoms with Gasteiger partial charge in [0, 0.05) is 40.5 Å². The fourth-order valence-electron chi connectivity index (χ4n) is 7.26. The molecule has 0 unspecified atom stereocenters. The van der Waals surface area contributed by atoms with Crippen molar-refractivity contribution in [2.45, 2.75) is 31.8 Å². The Hall–Kier alpha value is -4.63. The highest BCUT2D eigenvalue weighted by Crippen LogP contribution is 2.55. The quantitative estimate of drug-likeness (QED) is 0.337. The van der Waals surface area contributed by atoms with Gasteiger partial charge in [-0.25, -0.2) is 4.90 Å². The average Bonchev–Trinajstić information content (AvgIpc) is 3.69. The first-order chi connectivity index (χ1) is 19.9. The maximum absolute atomic E-state index is 14.4. The van der Waals surface area contributed by atoms with E-state index in [9.17, 15) is 14.4 Å². The molecule has 4 aromatic rings. The smallest absolute Gasteiger partial charge is 0.250 e. The number of nitrogens with zero attached hydrogens (tertiary/aromatic N) is 1. The van der Waals surface area contributed by atoms with Gasteiger partial charge in [0.15, 0.2) is 11.5 Å². The van der Waals surface area contributed by atoms with E-state index >= 15 is 0 Å². The van der Waals surface area contributed by atoms with E-state index in [4.69, 9.17) is 9.47 Å². The summed E-state index contributed by atoms with van der Waals surface area (Å²) in [4.78, 5) is 47.3. The molecule has 3 amide bonds. The number of carbonyl (C=O) groups excluding carboxylic acids is 3. The third-order valence-corrected chi connectivity index (χ3v) is 9.32. The molecule has 0 aliphatic carbocycles. The molecule has 9 heteroatoms. The minimum absolute atomic E-state index is 0.303. The van der Waals surface area contributed by atoms with Crippen molar-refractivity contribution in [1.29, 1.82) is 0 Å². The first kappa shape index (κ1) is 24.2. The summed E-state index contributed by atoms with van der Waals surface area (Å²) >= 11 is 0. The number of H-pyrrole nitrogens is 1. The van der Waals surface area contributed by atoms with Crippen molar-refractivity contribution >= 4 is 40.0 Å². The Balaban J connectivity index is 1.27. The monoisotopic (exact) mass is 548 g/mol. The van der Waals surface area contributed by atoms with Crippen LogP contribution < -0.4 is 25.0 Å². The highest BCUT2D eigenvalue weighted by Gasteiger charge is 2.70. The summed E-state index contributed by atoms with van der Waals surface area (Å²) in [5, 5.41) is 7.68. The molecule has 0 saturated carbocycles. The normalized spacial score (nSPS) is 26.1. The second kappa shape index (κ2) is 8.44. The van der Waals surface area contributed by atoms with Gasteiger partial charge in [0.25, 0.3) is 0 Å². The maximum atomic E-state index is 14.4. The van der Waals surface area contributed by atoms with Crippen LogP contribution in [0.2, 0.25) is 0 Å². The van der Waals surface area contributed by atoms with E-state index in [0.29, 0.717) is 48.1 Å². The number of imide groups is 1. The number of rotatable bonds is 3. The second-order valence-corrected chi connectivity index (χ2v) is 11.3. The molecule has 5 heterocycles. The Kier molecular flexibility index (Phi) is 4.98. The first-order valence-electron chi connectivity index (χ1n) is 13.9. The zero-order chi connectivity index (χ0) is 28.0. The molecule has 3 aromatic carbocycles. The number of hydrogen-bond donors (Lipinski definition) is 3. The van der Waals surface area contributed by atoms with Gasteiger partial charge < -0.3 is 19.8 Å². The third kappa shape index (κ3) is 3.18. The molecule has 4 atom stereocenters. The van der Waals surface area contributed by atoms with Crippen molar-refractivity contribution in [3.8, 4) is 11.5 Å². The van der Waals surface area contributed by atoms with Crippen LogP contribution in [0.5, 0.6) is 11.5 Å². The number of aromatic amines is 1. The van der Waals surface area contributed by atoms with Crippen molar-refractivity contribution in [2.75, 3.05) is 23.4 Å². The minimum Gasteiger partial charge on any atom is -0.486 e. The van der Waals surface area contributed by atoms with Crippen LogP contribution in [0, 0.1) is 25.7 Å². The van der Waals surface area contributed by atoms with E-state index < -0.39 is 29.3 Å². The van der Waals surface area contributed by atoms with Crippen LogP contribution >= 0.6 is 0 Å². The van der Waals surface area contributed by atoms with E-state index in [1.165, 1.54) is 4.90 Å². The zero-order valence-electron chi connectivity index (χ0n) is 22.6. The van der Waals surface area contributed by atoms with E-state index in [1.54, 1.807) is 18.2 Å². The van der Waals surface area contributed by atoms with Gasteiger partial charge in [0.05, 0.1) is 17.5 Å². The lowest BCUT2D eigenvalue weighted by molar-refractivity contribution is -0.130. The third-order valence-electron chi connectivity index (χ3n) is 9.32. The summed E-state index contributed by atoms with van der Waals surface area (Å²) in [6.45, 7) is 4.78. The zero-order valence-corrected chi connectivity index (χ0v) is 22.6. The molecule has 4 aliphatic heterocycles. The Morgan fingerprint density at radius 3 is 2.61 bits per heavy atom. The van der Waals surface area contributed by atoms with E-state index in [2.05, 4.69) is 15.6 Å². The van der Waals surface area contributed by atoms with Crippen LogP contribution in [0.25, 0.3) is 10.9 Å². The number of para-hydroxylation sites is 1. The Labute approximate surface area is 235 Å². The average molecular weight is 549 g/mol. The summed E-state index contributed by atoms with van der Waals surface area (Å²) < 4.78 is 11.4. The molecule has 8 rings (SSSR count). The lowest BCUT2D eigenvalue weighted by Crippen LogP contribution is -2.53. The fraction of sp³-hybridized carbons (Fsp3) is 0.281. The molecular weight excluding hydrogens is 520 g/mol. The van der Waals surface area contributed by atoms with Gasteiger partial charge >= 0.3 is 0 Å². The van der Waals surface area contributed by atoms with Crippen molar-refractivity contribution in [3.05, 3.63) is 83.0 Å². The number of aromatic nitrogens is 1. The Bertz CT molecular complexity index is 1810. The lowest BCUT2D eigenvalue weighted by atomic mass is 9.75. The number of nitrogens with one attached hydrogen (secondary N) is 3. The van der Waals surface area contributed by atoms with Crippen LogP contribution in [0.15, 0.2) is 60.8 Å². The van der Waals surface area contributed by atoms with Crippen molar-refractivity contribution in [2.24, 2.45) is 11.8 Å². The predicted octanol–water partition coefficient (Wildman–Crippen LogP) is 3.72. The SMILES string of the molecule is Cc1ccc2c(c1C)NC(=O)[C@]21N[C@@H](Cc2c[nH]c3ccccc23)[C@H]2C(=O)N(c3ccc4c(c3)OCCO4)C(=O)[C@H]21. The van der Waals surface area contributed by atoms with Crippen molar-refractivity contribution in [1.82, 2.24) is 10.3 Å². The highest BCUT2D eigenvalue weighted by molar-refractivity contribution is 6.26. The molecular formula is C32H28N4O5. The maximum Gasteiger partial charge on any atom is 0.250 e. The molecule has 1 aromatic heterocycles. The summed E-state index contributed by atoms with van der Waals surface area (Å²) in [5.41, 5.74) is 4.48. The highest BCUT2D eigenvalue weighted by atomic mass is 16.6. The molecule has 2 fully saturated rings. The summed E-state index contributed by atoms with van der Waals surface area (Å²) in [7, 11) is 0. The number of aryl methyl sites for hydroxylation is 1. The number of benzene rings is 3. The Morgan fingerprint density at radius 2 is 1.76 bits per heavy atom. The van der Waals surface area contributed by atoms with E-state index in [-0.39, 0.29) is 11.8 Å². The van der Waals surface area contributed by atoms with Gasteiger partial charge in [-0.2, -0.15) is 0 Å². The number of carbonyl (C=O) groups is 3. The number of anilines is 2. The van der Waals surface area contributed by atoms with E-state index in [1.807, 2.05) is 56.4 Å². The fourth-order valence-corrected chi connectivity index (χ4v) is 7.26. The van der Waals surface area contributed by atoms with Gasteiger partial charge in [-0.1, -0.05) is 30.3 Å². The molecule has 4 aliphatic rings. The number of amides is 3. The van der Waals surface area contributed by atoms with Crippen molar-refractivity contribution < 1.29 is 23.9 Å². The Morgan fingerprint density at radius 1 is 0.951 bits per heavy atom. The van der Waals surface area contributed by atoms with Gasteiger partial charge in [-0.15, -0.1) is 0 Å². The van der Waals surface area contributed by atoms with Crippen LogP contribution in [-0.4, -0.2) is 42.0 Å². The van der Waals surface area contributed by atoms with Crippen LogP contribution in [0.4, 0.5) is 11.4 Å². The van der Waals surface area contributed by atoms with Crippen LogP contribution in [0.3, 0.4) is 0 Å². The van der Waals surface area contributed by atoms with Gasteiger partial charge in [0.1, 0.15) is 18.8 Å². The molecule has 0 bridgehead atoms. The molecule has 9 nitrogen and oxygen atoms in total. The number of ether oxygens (including phenoxy) is 2. The van der Waals surface area contributed by atoms with Crippen molar-refractivity contribution in [3.63, 3.8) is 0 Å². The minimum atomic E-state index is -1.37. The van der Waals surface area contributed by atoms with Gasteiger partial charge in [0.2, 0.25) is 17.7 Å². The van der Waals surface area contributed by atoms with E-state index in [0.717, 1.165) is 27.6 Å². The molecule has 0 radical (unpaired) electrons. The first-order valence-corrected chi connectivity index (χ1v) is 13.9. The summed E-state index contributed by atoms with van der Waals surface area (Å²) in [6.07, 6.45) is 2.41. The molecule has 2 saturated heterocycles. The van der Waals surface area contributed by atoms with Gasteiger partial charge in [-0.05, 0) is 55.2 Å². The lowest BCUT2D eigenvalue weighted by Gasteiger charge is -2.30. The summed E-state index contributed by atoms with van der Waals surface area (Å²) in [6, 6.07) is 16.5. The molecule has 41 heavy (non-hydrogen) atoms. The predicted molar refractivity (Wildman–Crippen MR) is 152 cm³/mol. The standard InChI is InChI=1S/C32H28N4O5/c1-16-7-9-21-28(17(16)2)34-31(39)32(21)27-26(23(35-32)13-18-15-33-22-6-4-3-5-20(18)22)29(37)36(30(27)38)19-8-10-24-25(14-19)41-12-11-40-24/h3-10,14-15,23,26-27,33,35H,11-13H2,1-2H3,(H,34,39)/t23-,26+,27-,32-/m0/s1. The number of hydrogen-bond acceptors (Lipinski definition) is 6. The van der Waals surface area contributed by atoms with Gasteiger partial charge in [-0.3, -0.25) is 19.7 Å². The number of fused-ring (bicyclic) bond motifs is 6. The second-order valence-electron chi connectivity index (χ2n) is 11.3.